The Bertz CT molecular complexity index is 320. The molecule has 0 aliphatic rings. The number of hydrogen-bond donors (Lipinski definition) is 0. The summed E-state index contributed by atoms with van der Waals surface area (Å²) in [7, 11) is 0. The number of ether oxygens (including phenoxy) is 1. The zero-order valence-corrected chi connectivity index (χ0v) is 9.57. The third-order valence-electron chi connectivity index (χ3n) is 1.72. The van der Waals surface area contributed by atoms with E-state index in [4.69, 9.17) is 4.74 Å². The van der Waals surface area contributed by atoms with Crippen molar-refractivity contribution in [2.75, 3.05) is 6.61 Å². The van der Waals surface area contributed by atoms with Gasteiger partial charge in [-0.05, 0) is 25.1 Å². The average Bonchev–Trinajstić information content (AvgIpc) is 2.02. The van der Waals surface area contributed by atoms with E-state index in [9.17, 15) is 8.78 Å². The lowest BCUT2D eigenvalue weighted by Gasteiger charge is -2.15. The molecule has 0 atom stereocenters. The average molecular weight is 265 g/mol. The van der Waals surface area contributed by atoms with Crippen LogP contribution in [0, 0.1) is 0 Å². The minimum absolute atomic E-state index is 0.0810. The summed E-state index contributed by atoms with van der Waals surface area (Å²) in [6.07, 6.45) is 0. The van der Waals surface area contributed by atoms with Crippen LogP contribution in [-0.4, -0.2) is 6.61 Å². The first kappa shape index (κ1) is 11.4. The first-order chi connectivity index (χ1) is 6.45. The smallest absolute Gasteiger partial charge is 0.274 e. The molecule has 0 N–H and O–H groups in total. The standard InChI is InChI=1S/C10H11BrF2O/c1-3-14-9-6-7(11)4-5-8(9)10(2,12)13/h4-6H,3H2,1-2H3. The van der Waals surface area contributed by atoms with Crippen LogP contribution < -0.4 is 4.74 Å². The van der Waals surface area contributed by atoms with Gasteiger partial charge in [0.15, 0.2) is 0 Å². The quantitative estimate of drug-likeness (QED) is 0.803. The van der Waals surface area contributed by atoms with E-state index in [0.29, 0.717) is 6.61 Å². The fourth-order valence-corrected chi connectivity index (χ4v) is 1.47. The molecule has 1 rings (SSSR count). The summed E-state index contributed by atoms with van der Waals surface area (Å²) >= 11 is 3.21. The van der Waals surface area contributed by atoms with Gasteiger partial charge in [-0.1, -0.05) is 15.9 Å². The van der Waals surface area contributed by atoms with E-state index >= 15 is 0 Å². The summed E-state index contributed by atoms with van der Waals surface area (Å²) in [6.45, 7) is 3.00. The topological polar surface area (TPSA) is 9.23 Å². The molecule has 14 heavy (non-hydrogen) atoms. The number of alkyl halides is 2. The van der Waals surface area contributed by atoms with E-state index in [-0.39, 0.29) is 11.3 Å². The maximum Gasteiger partial charge on any atom is 0.274 e. The molecule has 4 heteroatoms. The van der Waals surface area contributed by atoms with Crippen molar-refractivity contribution in [3.05, 3.63) is 28.2 Å². The summed E-state index contributed by atoms with van der Waals surface area (Å²) in [5, 5.41) is 0. The van der Waals surface area contributed by atoms with Gasteiger partial charge in [0.1, 0.15) is 5.75 Å². The Labute approximate surface area is 90.2 Å². The molecule has 0 fully saturated rings. The zero-order valence-electron chi connectivity index (χ0n) is 7.98. The van der Waals surface area contributed by atoms with Gasteiger partial charge in [-0.2, -0.15) is 0 Å². The Balaban J connectivity index is 3.15. The van der Waals surface area contributed by atoms with Crippen molar-refractivity contribution in [1.82, 2.24) is 0 Å². The molecular formula is C10H11BrF2O. The number of rotatable bonds is 3. The second kappa shape index (κ2) is 4.26. The van der Waals surface area contributed by atoms with Crippen LogP contribution >= 0.6 is 15.9 Å². The molecule has 0 aliphatic carbocycles. The van der Waals surface area contributed by atoms with Crippen molar-refractivity contribution < 1.29 is 13.5 Å². The van der Waals surface area contributed by atoms with E-state index in [2.05, 4.69) is 15.9 Å². The largest absolute Gasteiger partial charge is 0.493 e. The molecule has 0 saturated heterocycles. The van der Waals surface area contributed by atoms with E-state index < -0.39 is 5.92 Å². The lowest BCUT2D eigenvalue weighted by atomic mass is 10.1. The van der Waals surface area contributed by atoms with Gasteiger partial charge in [0.2, 0.25) is 0 Å². The van der Waals surface area contributed by atoms with Gasteiger partial charge in [-0.25, -0.2) is 8.78 Å². The van der Waals surface area contributed by atoms with Crippen LogP contribution in [0.5, 0.6) is 5.75 Å². The van der Waals surface area contributed by atoms with Crippen molar-refractivity contribution in [2.45, 2.75) is 19.8 Å². The second-order valence-electron chi connectivity index (χ2n) is 2.96. The monoisotopic (exact) mass is 264 g/mol. The van der Waals surface area contributed by atoms with E-state index in [1.807, 2.05) is 0 Å². The maximum absolute atomic E-state index is 13.1. The highest BCUT2D eigenvalue weighted by Crippen LogP contribution is 2.36. The minimum atomic E-state index is -2.87. The van der Waals surface area contributed by atoms with Crippen LogP contribution in [0.15, 0.2) is 22.7 Å². The summed E-state index contributed by atoms with van der Waals surface area (Å²) in [5.74, 6) is -2.64. The zero-order chi connectivity index (χ0) is 10.8. The first-order valence-corrected chi connectivity index (χ1v) is 5.05. The Morgan fingerprint density at radius 2 is 2.07 bits per heavy atom. The minimum Gasteiger partial charge on any atom is -0.493 e. The van der Waals surface area contributed by atoms with Gasteiger partial charge < -0.3 is 4.74 Å². The van der Waals surface area contributed by atoms with Crippen LogP contribution in [0.25, 0.3) is 0 Å². The molecule has 0 aromatic heterocycles. The molecule has 0 spiro atoms. The lowest BCUT2D eigenvalue weighted by molar-refractivity contribution is 0.0146. The fourth-order valence-electron chi connectivity index (χ4n) is 1.13. The van der Waals surface area contributed by atoms with E-state index in [1.165, 1.54) is 6.07 Å². The molecule has 1 nitrogen and oxygen atoms in total. The SMILES string of the molecule is CCOc1cc(Br)ccc1C(C)(F)F. The van der Waals surface area contributed by atoms with Gasteiger partial charge in [-0.15, -0.1) is 0 Å². The van der Waals surface area contributed by atoms with Crippen LogP contribution in [0.4, 0.5) is 8.78 Å². The third-order valence-corrected chi connectivity index (χ3v) is 2.21. The number of benzene rings is 1. The predicted octanol–water partition coefficient (Wildman–Crippen LogP) is 3.96. The number of hydrogen-bond acceptors (Lipinski definition) is 1. The molecule has 1 aromatic carbocycles. The van der Waals surface area contributed by atoms with Gasteiger partial charge in [-0.3, -0.25) is 0 Å². The van der Waals surface area contributed by atoms with Crippen LogP contribution in [0.2, 0.25) is 0 Å². The van der Waals surface area contributed by atoms with E-state index in [0.717, 1.165) is 11.4 Å². The van der Waals surface area contributed by atoms with Crippen molar-refractivity contribution in [1.29, 1.82) is 0 Å². The van der Waals surface area contributed by atoms with Crippen LogP contribution in [-0.2, 0) is 5.92 Å². The van der Waals surface area contributed by atoms with Crippen molar-refractivity contribution in [3.63, 3.8) is 0 Å². The Kier molecular flexibility index (Phi) is 3.48. The summed E-state index contributed by atoms with van der Waals surface area (Å²) in [6, 6.07) is 4.50. The molecule has 0 bridgehead atoms. The molecular weight excluding hydrogens is 254 g/mol. The van der Waals surface area contributed by atoms with Crippen molar-refractivity contribution >= 4 is 15.9 Å². The molecule has 0 radical (unpaired) electrons. The highest BCUT2D eigenvalue weighted by molar-refractivity contribution is 9.10. The Morgan fingerprint density at radius 1 is 1.43 bits per heavy atom. The molecule has 0 heterocycles. The fraction of sp³-hybridized carbons (Fsp3) is 0.400. The molecule has 1 aromatic rings. The maximum atomic E-state index is 13.1. The third kappa shape index (κ3) is 2.67. The summed E-state index contributed by atoms with van der Waals surface area (Å²) in [4.78, 5) is 0. The molecule has 0 amide bonds. The second-order valence-corrected chi connectivity index (χ2v) is 3.88. The van der Waals surface area contributed by atoms with Crippen LogP contribution in [0.1, 0.15) is 19.4 Å². The van der Waals surface area contributed by atoms with E-state index in [1.54, 1.807) is 19.1 Å². The van der Waals surface area contributed by atoms with Crippen molar-refractivity contribution in [3.8, 4) is 5.75 Å². The lowest BCUT2D eigenvalue weighted by Crippen LogP contribution is -2.10. The first-order valence-electron chi connectivity index (χ1n) is 4.25. The number of halogens is 3. The normalized spacial score (nSPS) is 11.5. The van der Waals surface area contributed by atoms with Gasteiger partial charge in [0.05, 0.1) is 12.2 Å². The van der Waals surface area contributed by atoms with Gasteiger partial charge in [0.25, 0.3) is 5.92 Å². The highest BCUT2D eigenvalue weighted by atomic mass is 79.9. The predicted molar refractivity (Wildman–Crippen MR) is 54.9 cm³/mol. The van der Waals surface area contributed by atoms with Gasteiger partial charge >= 0.3 is 0 Å². The summed E-state index contributed by atoms with van der Waals surface area (Å²) < 4.78 is 32.0. The molecule has 0 aliphatic heterocycles. The molecule has 0 saturated carbocycles. The Hall–Kier alpha value is -0.640. The molecule has 78 valence electrons. The molecule has 0 unspecified atom stereocenters. The van der Waals surface area contributed by atoms with Gasteiger partial charge in [0, 0.05) is 11.4 Å². The Morgan fingerprint density at radius 3 is 2.57 bits per heavy atom. The highest BCUT2D eigenvalue weighted by Gasteiger charge is 2.28. The van der Waals surface area contributed by atoms with Crippen molar-refractivity contribution in [2.24, 2.45) is 0 Å². The summed E-state index contributed by atoms with van der Waals surface area (Å²) in [5.41, 5.74) is -0.0810. The van der Waals surface area contributed by atoms with Crippen LogP contribution in [0.3, 0.4) is 0 Å².